The predicted octanol–water partition coefficient (Wildman–Crippen LogP) is 6.30. The smallest absolute Gasteiger partial charge is 0.222 e. The van der Waals surface area contributed by atoms with Gasteiger partial charge in [0.25, 0.3) is 0 Å². The van der Waals surface area contributed by atoms with E-state index in [0.717, 1.165) is 42.6 Å². The van der Waals surface area contributed by atoms with E-state index in [4.69, 9.17) is 21.4 Å². The maximum atomic E-state index is 10.7. The third-order valence-electron chi connectivity index (χ3n) is 6.13. The summed E-state index contributed by atoms with van der Waals surface area (Å²) in [4.78, 5) is 2.38. The molecule has 1 aromatic heterocycles. The lowest BCUT2D eigenvalue weighted by Gasteiger charge is -2.25. The molecule has 1 aliphatic carbocycles. The van der Waals surface area contributed by atoms with Gasteiger partial charge in [0.15, 0.2) is 0 Å². The molecular formula is C27H34ClN3O2. The van der Waals surface area contributed by atoms with Gasteiger partial charge in [-0.2, -0.15) is 5.10 Å². The normalized spacial score (nSPS) is 14.6. The number of aromatic nitrogens is 2. The van der Waals surface area contributed by atoms with Gasteiger partial charge in [-0.3, -0.25) is 4.90 Å². The fraction of sp³-hybridized carbons (Fsp3) is 0.444. The number of halogens is 1. The van der Waals surface area contributed by atoms with E-state index in [9.17, 15) is 5.11 Å². The second kappa shape index (κ2) is 11.2. The lowest BCUT2D eigenvalue weighted by Crippen LogP contribution is -2.34. The highest BCUT2D eigenvalue weighted by Gasteiger charge is 2.28. The highest BCUT2D eigenvalue weighted by atomic mass is 35.5. The van der Waals surface area contributed by atoms with Crippen molar-refractivity contribution < 1.29 is 9.84 Å². The Kier molecular flexibility index (Phi) is 8.07. The highest BCUT2D eigenvalue weighted by molar-refractivity contribution is 6.32. The van der Waals surface area contributed by atoms with Crippen LogP contribution in [0.4, 0.5) is 0 Å². The van der Waals surface area contributed by atoms with E-state index < -0.39 is 0 Å². The fourth-order valence-electron chi connectivity index (χ4n) is 4.20. The first kappa shape index (κ1) is 23.8. The molecule has 0 saturated heterocycles. The van der Waals surface area contributed by atoms with Gasteiger partial charge in [0, 0.05) is 32.2 Å². The van der Waals surface area contributed by atoms with Crippen molar-refractivity contribution in [1.82, 2.24) is 14.7 Å². The van der Waals surface area contributed by atoms with Crippen LogP contribution in [0.15, 0.2) is 54.6 Å². The minimum Gasteiger partial charge on any atom is -0.437 e. The van der Waals surface area contributed by atoms with Crippen molar-refractivity contribution in [3.8, 4) is 22.9 Å². The van der Waals surface area contributed by atoms with Gasteiger partial charge in [-0.05, 0) is 37.3 Å². The molecule has 0 bridgehead atoms. The molecule has 0 aliphatic heterocycles. The van der Waals surface area contributed by atoms with E-state index in [0.29, 0.717) is 35.7 Å². The quantitative estimate of drug-likeness (QED) is 0.339. The fourth-order valence-corrected chi connectivity index (χ4v) is 4.38. The van der Waals surface area contributed by atoms with Crippen LogP contribution in [0.25, 0.3) is 11.3 Å². The number of ether oxygens (including phenoxy) is 1. The Morgan fingerprint density at radius 3 is 2.58 bits per heavy atom. The monoisotopic (exact) mass is 467 g/mol. The number of aliphatic hydroxyl groups excluding tert-OH is 1. The van der Waals surface area contributed by atoms with Crippen molar-refractivity contribution >= 4 is 11.6 Å². The zero-order chi connectivity index (χ0) is 23.2. The lowest BCUT2D eigenvalue weighted by atomic mass is 10.1. The van der Waals surface area contributed by atoms with Gasteiger partial charge < -0.3 is 9.84 Å². The average Bonchev–Trinajstić information content (AvgIpc) is 3.58. The molecule has 1 heterocycles. The molecule has 0 amide bonds. The van der Waals surface area contributed by atoms with Crippen molar-refractivity contribution in [3.05, 3.63) is 65.2 Å². The zero-order valence-corrected chi connectivity index (χ0v) is 20.3. The molecule has 1 atom stereocenters. The molecule has 0 spiro atoms. The van der Waals surface area contributed by atoms with E-state index in [1.807, 2.05) is 49.5 Å². The Bertz CT molecular complexity index is 1030. The topological polar surface area (TPSA) is 50.5 Å². The number of benzene rings is 2. The molecule has 1 aliphatic rings. The first-order valence-electron chi connectivity index (χ1n) is 12.0. The lowest BCUT2D eigenvalue weighted by molar-refractivity contribution is 0.0967. The SMILES string of the molecule is CCCC[C@H](O)CN(Cc1c(-c2ccccc2)nn(C)c1Oc1ccccc1Cl)CC1CC1. The number of rotatable bonds is 12. The number of para-hydroxylation sites is 1. The summed E-state index contributed by atoms with van der Waals surface area (Å²) < 4.78 is 8.14. The van der Waals surface area contributed by atoms with Gasteiger partial charge >= 0.3 is 0 Å². The molecular weight excluding hydrogens is 434 g/mol. The Morgan fingerprint density at radius 2 is 1.88 bits per heavy atom. The van der Waals surface area contributed by atoms with Crippen LogP contribution in [0.2, 0.25) is 5.02 Å². The summed E-state index contributed by atoms with van der Waals surface area (Å²) in [5.74, 6) is 2.01. The van der Waals surface area contributed by atoms with Crippen LogP contribution in [0, 0.1) is 5.92 Å². The Hall–Kier alpha value is -2.34. The summed E-state index contributed by atoms with van der Waals surface area (Å²) in [7, 11) is 1.91. The largest absolute Gasteiger partial charge is 0.437 e. The van der Waals surface area contributed by atoms with Gasteiger partial charge in [0.1, 0.15) is 11.4 Å². The first-order valence-corrected chi connectivity index (χ1v) is 12.4. The van der Waals surface area contributed by atoms with E-state index in [1.165, 1.54) is 12.8 Å². The van der Waals surface area contributed by atoms with E-state index in [1.54, 1.807) is 4.68 Å². The molecule has 5 nitrogen and oxygen atoms in total. The Morgan fingerprint density at radius 1 is 1.15 bits per heavy atom. The zero-order valence-electron chi connectivity index (χ0n) is 19.6. The standard InChI is InChI=1S/C27H34ClN3O2/c1-3-4-12-22(32)18-31(17-20-15-16-20)19-23-26(21-10-6-5-7-11-21)29-30(2)27(23)33-25-14-9-8-13-24(25)28/h5-11,13-14,20,22,32H,3-4,12,15-19H2,1-2H3/t22-/m0/s1. The van der Waals surface area contributed by atoms with Crippen molar-refractivity contribution in [2.24, 2.45) is 13.0 Å². The van der Waals surface area contributed by atoms with Crippen LogP contribution in [0.1, 0.15) is 44.6 Å². The Labute approximate surface area is 201 Å². The maximum Gasteiger partial charge on any atom is 0.222 e. The van der Waals surface area contributed by atoms with Crippen LogP contribution in [-0.2, 0) is 13.6 Å². The predicted molar refractivity (Wildman–Crippen MR) is 134 cm³/mol. The van der Waals surface area contributed by atoms with E-state index >= 15 is 0 Å². The second-order valence-corrected chi connectivity index (χ2v) is 9.50. The van der Waals surface area contributed by atoms with Gasteiger partial charge in [-0.15, -0.1) is 0 Å². The molecule has 3 aromatic rings. The summed E-state index contributed by atoms with van der Waals surface area (Å²) in [6.45, 7) is 4.47. The molecule has 33 heavy (non-hydrogen) atoms. The summed E-state index contributed by atoms with van der Waals surface area (Å²) in [6, 6.07) is 17.7. The number of nitrogens with zero attached hydrogens (tertiary/aromatic N) is 3. The Balaban J connectivity index is 1.67. The third-order valence-corrected chi connectivity index (χ3v) is 6.45. The number of aryl methyl sites for hydroxylation is 1. The molecule has 1 N–H and O–H groups in total. The van der Waals surface area contributed by atoms with E-state index in [2.05, 4.69) is 24.0 Å². The average molecular weight is 468 g/mol. The highest BCUT2D eigenvalue weighted by Crippen LogP contribution is 2.37. The van der Waals surface area contributed by atoms with Crippen LogP contribution in [0.5, 0.6) is 11.6 Å². The number of unbranched alkanes of at least 4 members (excludes halogenated alkanes) is 1. The van der Waals surface area contributed by atoms with Gasteiger partial charge in [-0.1, -0.05) is 73.8 Å². The van der Waals surface area contributed by atoms with E-state index in [-0.39, 0.29) is 6.10 Å². The summed E-state index contributed by atoms with van der Waals surface area (Å²) >= 11 is 6.40. The molecule has 2 aromatic carbocycles. The van der Waals surface area contributed by atoms with Crippen molar-refractivity contribution in [3.63, 3.8) is 0 Å². The van der Waals surface area contributed by atoms with Gasteiger partial charge in [0.05, 0.1) is 16.7 Å². The van der Waals surface area contributed by atoms with Crippen LogP contribution in [-0.4, -0.2) is 39.0 Å². The minimum absolute atomic E-state index is 0.325. The molecule has 1 fully saturated rings. The minimum atomic E-state index is -0.325. The first-order chi connectivity index (χ1) is 16.0. The van der Waals surface area contributed by atoms with Crippen LogP contribution < -0.4 is 4.74 Å². The number of hydrogen-bond donors (Lipinski definition) is 1. The summed E-state index contributed by atoms with van der Waals surface area (Å²) in [5.41, 5.74) is 2.98. The van der Waals surface area contributed by atoms with Crippen molar-refractivity contribution in [1.29, 1.82) is 0 Å². The third kappa shape index (κ3) is 6.38. The number of hydrogen-bond acceptors (Lipinski definition) is 4. The molecule has 176 valence electrons. The summed E-state index contributed by atoms with van der Waals surface area (Å²) in [5, 5.41) is 16.1. The number of aliphatic hydroxyl groups is 1. The molecule has 6 heteroatoms. The summed E-state index contributed by atoms with van der Waals surface area (Å²) in [6.07, 6.45) is 5.18. The molecule has 1 saturated carbocycles. The van der Waals surface area contributed by atoms with Crippen molar-refractivity contribution in [2.75, 3.05) is 13.1 Å². The van der Waals surface area contributed by atoms with Gasteiger partial charge in [0.2, 0.25) is 5.88 Å². The maximum absolute atomic E-state index is 10.7. The van der Waals surface area contributed by atoms with Crippen LogP contribution >= 0.6 is 11.6 Å². The molecule has 0 radical (unpaired) electrons. The van der Waals surface area contributed by atoms with Crippen LogP contribution in [0.3, 0.4) is 0 Å². The molecule has 4 rings (SSSR count). The van der Waals surface area contributed by atoms with Gasteiger partial charge in [-0.25, -0.2) is 4.68 Å². The van der Waals surface area contributed by atoms with Crippen molar-refractivity contribution in [2.45, 2.75) is 51.7 Å². The molecule has 0 unspecified atom stereocenters. The second-order valence-electron chi connectivity index (χ2n) is 9.09.